The zero-order chi connectivity index (χ0) is 11.8. The van der Waals surface area contributed by atoms with Crippen molar-refractivity contribution in [3.63, 3.8) is 0 Å². The molecule has 0 bridgehead atoms. The van der Waals surface area contributed by atoms with Crippen LogP contribution in [-0.4, -0.2) is 6.54 Å². The van der Waals surface area contributed by atoms with Crippen LogP contribution in [0.5, 0.6) is 0 Å². The minimum absolute atomic E-state index is 0.126. The van der Waals surface area contributed by atoms with Gasteiger partial charge in [0, 0.05) is 12.0 Å². The Kier molecular flexibility index (Phi) is 2.98. The second kappa shape index (κ2) is 4.13. The molecule has 16 heavy (non-hydrogen) atoms. The lowest BCUT2D eigenvalue weighted by atomic mass is 9.78. The quantitative estimate of drug-likeness (QED) is 0.822. The molecule has 1 aliphatic carbocycles. The van der Waals surface area contributed by atoms with Gasteiger partial charge in [-0.15, -0.1) is 0 Å². The van der Waals surface area contributed by atoms with Gasteiger partial charge in [0.05, 0.1) is 0 Å². The maximum absolute atomic E-state index is 13.4. The molecule has 1 nitrogen and oxygen atoms in total. The van der Waals surface area contributed by atoms with Crippen molar-refractivity contribution < 1.29 is 8.78 Å². The SMILES string of the molecule is Cc1cc(C2(CN)CCCC2)cc(F)c1F. The molecule has 0 radical (unpaired) electrons. The number of aryl methyl sites for hydroxylation is 1. The summed E-state index contributed by atoms with van der Waals surface area (Å²) in [4.78, 5) is 0. The van der Waals surface area contributed by atoms with Gasteiger partial charge in [-0.3, -0.25) is 0 Å². The Morgan fingerprint density at radius 3 is 2.38 bits per heavy atom. The fourth-order valence-corrected chi connectivity index (χ4v) is 2.70. The number of benzene rings is 1. The van der Waals surface area contributed by atoms with Crippen molar-refractivity contribution >= 4 is 0 Å². The van der Waals surface area contributed by atoms with Crippen molar-refractivity contribution in [3.05, 3.63) is 34.9 Å². The van der Waals surface area contributed by atoms with E-state index in [0.29, 0.717) is 12.1 Å². The molecule has 0 heterocycles. The summed E-state index contributed by atoms with van der Waals surface area (Å²) in [6.45, 7) is 2.11. The number of rotatable bonds is 2. The number of hydrogen-bond donors (Lipinski definition) is 1. The predicted molar refractivity (Wildman–Crippen MR) is 60.3 cm³/mol. The summed E-state index contributed by atoms with van der Waals surface area (Å²) in [7, 11) is 0. The molecular weight excluding hydrogens is 208 g/mol. The van der Waals surface area contributed by atoms with Crippen molar-refractivity contribution in [2.75, 3.05) is 6.54 Å². The maximum atomic E-state index is 13.4. The van der Waals surface area contributed by atoms with Gasteiger partial charge < -0.3 is 5.73 Å². The molecule has 0 spiro atoms. The second-order valence-corrected chi connectivity index (χ2v) is 4.78. The Hall–Kier alpha value is -0.960. The summed E-state index contributed by atoms with van der Waals surface area (Å²) < 4.78 is 26.6. The normalized spacial score (nSPS) is 19.0. The molecule has 1 saturated carbocycles. The third kappa shape index (κ3) is 1.73. The summed E-state index contributed by atoms with van der Waals surface area (Å²) in [5.41, 5.74) is 6.93. The van der Waals surface area contributed by atoms with E-state index in [2.05, 4.69) is 0 Å². The van der Waals surface area contributed by atoms with E-state index >= 15 is 0 Å². The molecule has 3 heteroatoms. The van der Waals surface area contributed by atoms with Crippen LogP contribution >= 0.6 is 0 Å². The van der Waals surface area contributed by atoms with Gasteiger partial charge in [0.15, 0.2) is 11.6 Å². The first-order valence-electron chi connectivity index (χ1n) is 5.75. The molecule has 1 fully saturated rings. The topological polar surface area (TPSA) is 26.0 Å². The molecule has 0 atom stereocenters. The van der Waals surface area contributed by atoms with E-state index in [9.17, 15) is 8.78 Å². The van der Waals surface area contributed by atoms with Gasteiger partial charge in [0.1, 0.15) is 0 Å². The van der Waals surface area contributed by atoms with E-state index in [1.807, 2.05) is 0 Å². The lowest BCUT2D eigenvalue weighted by Crippen LogP contribution is -2.32. The van der Waals surface area contributed by atoms with Gasteiger partial charge in [-0.25, -0.2) is 8.78 Å². The molecule has 0 aromatic heterocycles. The summed E-state index contributed by atoms with van der Waals surface area (Å²) in [6.07, 6.45) is 4.20. The lowest BCUT2D eigenvalue weighted by molar-refractivity contribution is 0.441. The van der Waals surface area contributed by atoms with Crippen molar-refractivity contribution in [2.24, 2.45) is 5.73 Å². The molecule has 1 aromatic carbocycles. The third-order valence-electron chi connectivity index (χ3n) is 3.77. The fraction of sp³-hybridized carbons (Fsp3) is 0.538. The fourth-order valence-electron chi connectivity index (χ4n) is 2.70. The second-order valence-electron chi connectivity index (χ2n) is 4.78. The molecule has 0 amide bonds. The predicted octanol–water partition coefficient (Wildman–Crippen LogP) is 3.04. The minimum Gasteiger partial charge on any atom is -0.330 e. The molecule has 1 aliphatic rings. The van der Waals surface area contributed by atoms with E-state index in [1.54, 1.807) is 13.0 Å². The van der Waals surface area contributed by atoms with Crippen LogP contribution in [0.4, 0.5) is 8.78 Å². The summed E-state index contributed by atoms with van der Waals surface area (Å²) in [5, 5.41) is 0. The maximum Gasteiger partial charge on any atom is 0.161 e. The molecule has 0 saturated heterocycles. The van der Waals surface area contributed by atoms with Gasteiger partial charge in [0.2, 0.25) is 0 Å². The van der Waals surface area contributed by atoms with Gasteiger partial charge in [-0.2, -0.15) is 0 Å². The number of hydrogen-bond acceptors (Lipinski definition) is 1. The highest BCUT2D eigenvalue weighted by molar-refractivity contribution is 5.33. The van der Waals surface area contributed by atoms with Gasteiger partial charge in [0.25, 0.3) is 0 Å². The summed E-state index contributed by atoms with van der Waals surface area (Å²) >= 11 is 0. The van der Waals surface area contributed by atoms with E-state index in [4.69, 9.17) is 5.73 Å². The number of halogens is 2. The first kappa shape index (κ1) is 11.5. The number of nitrogens with two attached hydrogens (primary N) is 1. The average Bonchev–Trinajstić information content (AvgIpc) is 2.75. The van der Waals surface area contributed by atoms with E-state index in [0.717, 1.165) is 31.2 Å². The average molecular weight is 225 g/mol. The van der Waals surface area contributed by atoms with Crippen LogP contribution in [-0.2, 0) is 5.41 Å². The van der Waals surface area contributed by atoms with Crippen LogP contribution < -0.4 is 5.73 Å². The van der Waals surface area contributed by atoms with E-state index < -0.39 is 11.6 Å². The lowest BCUT2D eigenvalue weighted by Gasteiger charge is -2.28. The zero-order valence-corrected chi connectivity index (χ0v) is 9.52. The molecule has 2 rings (SSSR count). The smallest absolute Gasteiger partial charge is 0.161 e. The highest BCUT2D eigenvalue weighted by atomic mass is 19.2. The van der Waals surface area contributed by atoms with Crippen LogP contribution in [0.15, 0.2) is 12.1 Å². The summed E-state index contributed by atoms with van der Waals surface area (Å²) in [5.74, 6) is -1.50. The Balaban J connectivity index is 2.47. The van der Waals surface area contributed by atoms with Gasteiger partial charge in [-0.1, -0.05) is 18.9 Å². The highest BCUT2D eigenvalue weighted by Crippen LogP contribution is 2.40. The van der Waals surface area contributed by atoms with Gasteiger partial charge in [-0.05, 0) is 37.0 Å². The Labute approximate surface area is 94.7 Å². The molecule has 0 aliphatic heterocycles. The first-order chi connectivity index (χ1) is 7.59. The Morgan fingerprint density at radius 2 is 1.88 bits per heavy atom. The molecule has 1 aromatic rings. The largest absolute Gasteiger partial charge is 0.330 e. The van der Waals surface area contributed by atoms with E-state index in [1.165, 1.54) is 6.07 Å². The van der Waals surface area contributed by atoms with Crippen molar-refractivity contribution in [3.8, 4) is 0 Å². The Morgan fingerprint density at radius 1 is 1.25 bits per heavy atom. The van der Waals surface area contributed by atoms with Crippen LogP contribution in [0.1, 0.15) is 36.8 Å². The first-order valence-corrected chi connectivity index (χ1v) is 5.75. The molecule has 0 unspecified atom stereocenters. The van der Waals surface area contributed by atoms with Crippen LogP contribution in [0, 0.1) is 18.6 Å². The van der Waals surface area contributed by atoms with E-state index in [-0.39, 0.29) is 5.41 Å². The van der Waals surface area contributed by atoms with Crippen molar-refractivity contribution in [1.29, 1.82) is 0 Å². The molecular formula is C13H17F2N. The van der Waals surface area contributed by atoms with Crippen LogP contribution in [0.2, 0.25) is 0 Å². The minimum atomic E-state index is -0.755. The highest BCUT2D eigenvalue weighted by Gasteiger charge is 2.35. The Bertz CT molecular complexity index is 372. The third-order valence-corrected chi connectivity index (χ3v) is 3.77. The van der Waals surface area contributed by atoms with Gasteiger partial charge >= 0.3 is 0 Å². The monoisotopic (exact) mass is 225 g/mol. The molecule has 88 valence electrons. The standard InChI is InChI=1S/C13H17F2N/c1-9-6-10(7-11(14)12(9)15)13(8-16)4-2-3-5-13/h6-7H,2-5,8,16H2,1H3. The summed E-state index contributed by atoms with van der Waals surface area (Å²) in [6, 6.07) is 3.07. The van der Waals surface area contributed by atoms with Crippen molar-refractivity contribution in [2.45, 2.75) is 38.0 Å². The zero-order valence-electron chi connectivity index (χ0n) is 9.52. The van der Waals surface area contributed by atoms with Crippen LogP contribution in [0.3, 0.4) is 0 Å². The molecule has 2 N–H and O–H groups in total. The van der Waals surface area contributed by atoms with Crippen LogP contribution in [0.25, 0.3) is 0 Å². The van der Waals surface area contributed by atoms with Crippen molar-refractivity contribution in [1.82, 2.24) is 0 Å².